The van der Waals surface area contributed by atoms with Crippen molar-refractivity contribution in [3.8, 4) is 0 Å². The average Bonchev–Trinajstić information content (AvgIpc) is 2.19. The lowest BCUT2D eigenvalue weighted by Gasteiger charge is -2.22. The van der Waals surface area contributed by atoms with Gasteiger partial charge in [-0.3, -0.25) is 0 Å². The van der Waals surface area contributed by atoms with Crippen LogP contribution in [-0.4, -0.2) is 33.0 Å². The molecule has 1 fully saturated rings. The van der Waals surface area contributed by atoms with Crippen LogP contribution in [0.25, 0.3) is 0 Å². The first-order chi connectivity index (χ1) is 6.64. The van der Waals surface area contributed by atoms with E-state index in [1.165, 1.54) is 12.8 Å². The van der Waals surface area contributed by atoms with Crippen LogP contribution >= 0.6 is 0 Å². The summed E-state index contributed by atoms with van der Waals surface area (Å²) in [4.78, 5) is 0. The van der Waals surface area contributed by atoms with Gasteiger partial charge in [0.15, 0.2) is 0 Å². The van der Waals surface area contributed by atoms with Crippen LogP contribution in [0.5, 0.6) is 0 Å². The minimum Gasteiger partial charge on any atom is -0.317 e. The Balaban J connectivity index is 2.14. The molecule has 0 amide bonds. The Kier molecular flexibility index (Phi) is 4.89. The number of hydrogen-bond donors (Lipinski definition) is 1. The third kappa shape index (κ3) is 4.42. The molecule has 0 spiro atoms. The standard InChI is InChI=1S/C10H21NO2S/c1-2-14(12,13)9-3-4-10-5-7-11-8-6-10/h10-11H,2-9H2,1H3. The summed E-state index contributed by atoms with van der Waals surface area (Å²) in [5, 5.41) is 3.31. The van der Waals surface area contributed by atoms with Crippen molar-refractivity contribution in [1.29, 1.82) is 0 Å². The van der Waals surface area contributed by atoms with Gasteiger partial charge in [-0.2, -0.15) is 0 Å². The van der Waals surface area contributed by atoms with Gasteiger partial charge >= 0.3 is 0 Å². The second kappa shape index (κ2) is 5.71. The topological polar surface area (TPSA) is 46.2 Å². The summed E-state index contributed by atoms with van der Waals surface area (Å²) in [7, 11) is -2.74. The van der Waals surface area contributed by atoms with Gasteiger partial charge in [0.05, 0.1) is 5.75 Å². The van der Waals surface area contributed by atoms with Crippen molar-refractivity contribution >= 4 is 9.84 Å². The highest BCUT2D eigenvalue weighted by Gasteiger charge is 2.14. The second-order valence-corrected chi connectivity index (χ2v) is 6.54. The normalized spacial score (nSPS) is 19.8. The zero-order chi connectivity index (χ0) is 10.4. The lowest BCUT2D eigenvalue weighted by Crippen LogP contribution is -2.28. The van der Waals surface area contributed by atoms with E-state index in [0.717, 1.165) is 31.8 Å². The summed E-state index contributed by atoms with van der Waals surface area (Å²) in [5.41, 5.74) is 0. The largest absolute Gasteiger partial charge is 0.317 e. The smallest absolute Gasteiger partial charge is 0.150 e. The molecule has 84 valence electrons. The van der Waals surface area contributed by atoms with Crippen molar-refractivity contribution in [2.45, 2.75) is 32.6 Å². The van der Waals surface area contributed by atoms with Gasteiger partial charge in [0.2, 0.25) is 0 Å². The summed E-state index contributed by atoms with van der Waals surface area (Å²) in [6, 6.07) is 0. The Labute approximate surface area is 87.2 Å². The SMILES string of the molecule is CCS(=O)(=O)CCCC1CCNCC1. The Morgan fingerprint density at radius 2 is 1.93 bits per heavy atom. The van der Waals surface area contributed by atoms with E-state index < -0.39 is 9.84 Å². The third-order valence-electron chi connectivity index (χ3n) is 2.97. The monoisotopic (exact) mass is 219 g/mol. The molecule has 0 atom stereocenters. The van der Waals surface area contributed by atoms with Crippen molar-refractivity contribution < 1.29 is 8.42 Å². The first-order valence-electron chi connectivity index (χ1n) is 5.55. The maximum absolute atomic E-state index is 11.2. The molecule has 0 aromatic heterocycles. The Bertz CT molecular complexity index is 243. The van der Waals surface area contributed by atoms with E-state index >= 15 is 0 Å². The van der Waals surface area contributed by atoms with Gasteiger partial charge in [-0.05, 0) is 44.7 Å². The predicted molar refractivity (Wildman–Crippen MR) is 59.2 cm³/mol. The molecule has 1 saturated heterocycles. The van der Waals surface area contributed by atoms with E-state index in [-0.39, 0.29) is 0 Å². The molecule has 1 aliphatic rings. The molecule has 1 heterocycles. The van der Waals surface area contributed by atoms with Crippen LogP contribution < -0.4 is 5.32 Å². The molecule has 0 aromatic carbocycles. The van der Waals surface area contributed by atoms with Crippen LogP contribution in [0, 0.1) is 5.92 Å². The first-order valence-corrected chi connectivity index (χ1v) is 7.37. The molecule has 0 unspecified atom stereocenters. The molecule has 0 saturated carbocycles. The maximum Gasteiger partial charge on any atom is 0.150 e. The lowest BCUT2D eigenvalue weighted by molar-refractivity contribution is 0.351. The Hall–Kier alpha value is -0.0900. The van der Waals surface area contributed by atoms with Gasteiger partial charge in [0.1, 0.15) is 9.84 Å². The van der Waals surface area contributed by atoms with E-state index in [1.54, 1.807) is 6.92 Å². The third-order valence-corrected chi connectivity index (χ3v) is 4.76. The highest BCUT2D eigenvalue weighted by molar-refractivity contribution is 7.91. The molecule has 1 N–H and O–H groups in total. The second-order valence-electron chi connectivity index (χ2n) is 4.07. The molecular formula is C10H21NO2S. The Morgan fingerprint density at radius 3 is 2.50 bits per heavy atom. The van der Waals surface area contributed by atoms with Gasteiger partial charge in [0.25, 0.3) is 0 Å². The fourth-order valence-electron chi connectivity index (χ4n) is 1.91. The molecule has 3 nitrogen and oxygen atoms in total. The minimum absolute atomic E-state index is 0.291. The van der Waals surface area contributed by atoms with E-state index in [9.17, 15) is 8.42 Å². The summed E-state index contributed by atoms with van der Waals surface area (Å²) in [6.07, 6.45) is 4.36. The average molecular weight is 219 g/mol. The molecule has 1 aliphatic heterocycles. The highest BCUT2D eigenvalue weighted by atomic mass is 32.2. The lowest BCUT2D eigenvalue weighted by atomic mass is 9.94. The van der Waals surface area contributed by atoms with Crippen molar-refractivity contribution in [3.63, 3.8) is 0 Å². The zero-order valence-electron chi connectivity index (χ0n) is 8.96. The van der Waals surface area contributed by atoms with Crippen molar-refractivity contribution in [3.05, 3.63) is 0 Å². The first kappa shape index (κ1) is 12.0. The molecule has 0 aromatic rings. The summed E-state index contributed by atoms with van der Waals surface area (Å²) in [6.45, 7) is 3.93. The molecule has 0 bridgehead atoms. The molecule has 14 heavy (non-hydrogen) atoms. The molecule has 4 heteroatoms. The summed E-state index contributed by atoms with van der Waals surface area (Å²) < 4.78 is 22.5. The van der Waals surface area contributed by atoms with Crippen LogP contribution in [0.4, 0.5) is 0 Å². The molecule has 1 rings (SSSR count). The number of nitrogens with one attached hydrogen (secondary N) is 1. The molecular weight excluding hydrogens is 198 g/mol. The van der Waals surface area contributed by atoms with E-state index in [4.69, 9.17) is 0 Å². The van der Waals surface area contributed by atoms with E-state index in [0.29, 0.717) is 11.5 Å². The van der Waals surface area contributed by atoms with Gasteiger partial charge in [-0.25, -0.2) is 8.42 Å². The van der Waals surface area contributed by atoms with Gasteiger partial charge < -0.3 is 5.32 Å². The van der Waals surface area contributed by atoms with Crippen LogP contribution in [0.3, 0.4) is 0 Å². The maximum atomic E-state index is 11.2. The fourth-order valence-corrected chi connectivity index (χ4v) is 2.80. The van der Waals surface area contributed by atoms with Gasteiger partial charge in [-0.1, -0.05) is 6.92 Å². The number of sulfone groups is 1. The highest BCUT2D eigenvalue weighted by Crippen LogP contribution is 2.18. The Morgan fingerprint density at radius 1 is 1.29 bits per heavy atom. The van der Waals surface area contributed by atoms with Crippen molar-refractivity contribution in [1.82, 2.24) is 5.32 Å². The number of hydrogen-bond acceptors (Lipinski definition) is 3. The predicted octanol–water partition coefficient (Wildman–Crippen LogP) is 1.20. The van der Waals surface area contributed by atoms with E-state index in [1.807, 2.05) is 0 Å². The number of piperidine rings is 1. The number of rotatable bonds is 5. The van der Waals surface area contributed by atoms with Crippen LogP contribution in [0.15, 0.2) is 0 Å². The molecule has 0 radical (unpaired) electrons. The van der Waals surface area contributed by atoms with Crippen LogP contribution in [-0.2, 0) is 9.84 Å². The minimum atomic E-state index is -2.74. The summed E-state index contributed by atoms with van der Waals surface area (Å²) in [5.74, 6) is 1.43. The van der Waals surface area contributed by atoms with Crippen LogP contribution in [0.1, 0.15) is 32.6 Å². The van der Waals surface area contributed by atoms with Gasteiger partial charge in [-0.15, -0.1) is 0 Å². The fraction of sp³-hybridized carbons (Fsp3) is 1.00. The molecule has 0 aliphatic carbocycles. The van der Waals surface area contributed by atoms with Gasteiger partial charge in [0, 0.05) is 5.75 Å². The quantitative estimate of drug-likeness (QED) is 0.756. The summed E-state index contributed by atoms with van der Waals surface area (Å²) >= 11 is 0. The zero-order valence-corrected chi connectivity index (χ0v) is 9.78. The van der Waals surface area contributed by atoms with Crippen molar-refractivity contribution in [2.75, 3.05) is 24.6 Å². The van der Waals surface area contributed by atoms with E-state index in [2.05, 4.69) is 5.32 Å². The van der Waals surface area contributed by atoms with Crippen molar-refractivity contribution in [2.24, 2.45) is 5.92 Å². The van der Waals surface area contributed by atoms with Crippen LogP contribution in [0.2, 0.25) is 0 Å².